The molecule has 0 atom stereocenters. The summed E-state index contributed by atoms with van der Waals surface area (Å²) in [5.41, 5.74) is 1.13. The molecule has 0 radical (unpaired) electrons. The first-order valence-electron chi connectivity index (χ1n) is 8.82. The van der Waals surface area contributed by atoms with Gasteiger partial charge in [0.15, 0.2) is 0 Å². The number of alkyl halides is 2. The van der Waals surface area contributed by atoms with E-state index in [2.05, 4.69) is 12.2 Å². The Kier molecular flexibility index (Phi) is 6.61. The second-order valence-corrected chi connectivity index (χ2v) is 6.53. The maximum atomic E-state index is 14.4. The van der Waals surface area contributed by atoms with Crippen molar-refractivity contribution in [2.24, 2.45) is 11.8 Å². The summed E-state index contributed by atoms with van der Waals surface area (Å²) in [4.78, 5) is 0. The molecule has 2 rings (SSSR count). The zero-order chi connectivity index (χ0) is 16.7. The van der Waals surface area contributed by atoms with Crippen molar-refractivity contribution in [3.63, 3.8) is 0 Å². The highest BCUT2D eigenvalue weighted by atomic mass is 19.3. The van der Waals surface area contributed by atoms with Crippen LogP contribution in [0.4, 0.5) is 8.78 Å². The Balaban J connectivity index is 1.85. The van der Waals surface area contributed by atoms with E-state index in [0.717, 1.165) is 37.7 Å². The summed E-state index contributed by atoms with van der Waals surface area (Å²) in [5, 5.41) is 0. The lowest BCUT2D eigenvalue weighted by atomic mass is 9.79. The molecule has 128 valence electrons. The van der Waals surface area contributed by atoms with Crippen LogP contribution in [0.25, 0.3) is 0 Å². The fraction of sp³-hybridized carbons (Fsp3) is 0.600. The Morgan fingerprint density at radius 1 is 1.13 bits per heavy atom. The number of rotatable bonds is 7. The lowest BCUT2D eigenvalue weighted by molar-refractivity contribution is -0.223. The van der Waals surface area contributed by atoms with Gasteiger partial charge in [0.25, 0.3) is 0 Å². The van der Waals surface area contributed by atoms with E-state index in [4.69, 9.17) is 4.74 Å². The van der Waals surface area contributed by atoms with Crippen LogP contribution >= 0.6 is 0 Å². The molecular formula is C20H28F2O. The average Bonchev–Trinajstić information content (AvgIpc) is 2.56. The van der Waals surface area contributed by atoms with Gasteiger partial charge in [-0.3, -0.25) is 0 Å². The Bertz CT molecular complexity index is 485. The second-order valence-electron chi connectivity index (χ2n) is 6.53. The molecule has 0 saturated heterocycles. The van der Waals surface area contributed by atoms with Crippen molar-refractivity contribution in [1.29, 1.82) is 0 Å². The minimum absolute atomic E-state index is 0.266. The Labute approximate surface area is 138 Å². The van der Waals surface area contributed by atoms with Gasteiger partial charge in [0.2, 0.25) is 0 Å². The first-order valence-corrected chi connectivity index (χ1v) is 8.82. The van der Waals surface area contributed by atoms with Crippen LogP contribution < -0.4 is 4.74 Å². The molecule has 1 aliphatic rings. The number of aryl methyl sites for hydroxylation is 1. The predicted octanol–water partition coefficient (Wildman–Crippen LogP) is 6.38. The van der Waals surface area contributed by atoms with Gasteiger partial charge >= 0.3 is 6.11 Å². The summed E-state index contributed by atoms with van der Waals surface area (Å²) >= 11 is 0. The van der Waals surface area contributed by atoms with Crippen molar-refractivity contribution >= 4 is 0 Å². The van der Waals surface area contributed by atoms with Crippen molar-refractivity contribution < 1.29 is 13.5 Å². The molecule has 1 fully saturated rings. The van der Waals surface area contributed by atoms with E-state index in [0.29, 0.717) is 18.8 Å². The lowest BCUT2D eigenvalue weighted by Crippen LogP contribution is -2.37. The quantitative estimate of drug-likeness (QED) is 0.529. The van der Waals surface area contributed by atoms with Crippen molar-refractivity contribution in [2.45, 2.75) is 64.9 Å². The third-order valence-corrected chi connectivity index (χ3v) is 4.88. The van der Waals surface area contributed by atoms with Crippen LogP contribution in [-0.2, 0) is 6.42 Å². The summed E-state index contributed by atoms with van der Waals surface area (Å²) < 4.78 is 33.8. The smallest absolute Gasteiger partial charge is 0.400 e. The summed E-state index contributed by atoms with van der Waals surface area (Å²) in [6.07, 6.45) is 7.09. The van der Waals surface area contributed by atoms with Crippen LogP contribution in [-0.4, -0.2) is 6.11 Å². The van der Waals surface area contributed by atoms with Gasteiger partial charge in [0, 0.05) is 0 Å². The van der Waals surface area contributed by atoms with E-state index in [1.165, 1.54) is 0 Å². The molecule has 1 aliphatic carbocycles. The normalized spacial score (nSPS) is 22.4. The summed E-state index contributed by atoms with van der Waals surface area (Å²) in [6, 6.07) is 7.00. The minimum atomic E-state index is -3.07. The lowest BCUT2D eigenvalue weighted by Gasteiger charge is -2.33. The van der Waals surface area contributed by atoms with E-state index in [1.807, 2.05) is 26.0 Å². The van der Waals surface area contributed by atoms with E-state index in [9.17, 15) is 8.78 Å². The first kappa shape index (κ1) is 18.0. The van der Waals surface area contributed by atoms with Crippen LogP contribution in [0.2, 0.25) is 0 Å². The monoisotopic (exact) mass is 322 g/mol. The average molecular weight is 322 g/mol. The minimum Gasteiger partial charge on any atom is -0.432 e. The molecule has 0 aromatic heterocycles. The molecule has 1 nitrogen and oxygen atoms in total. The van der Waals surface area contributed by atoms with Crippen molar-refractivity contribution in [2.75, 3.05) is 0 Å². The van der Waals surface area contributed by atoms with E-state index >= 15 is 0 Å². The standard InChI is InChI=1S/C20H28F2O/c1-3-5-6-7-17-8-12-18(13-9-17)20(21,22)23-19-14-10-16(4-2)11-15-19/h3,5,10-11,14-15,17-18H,4,6-9,12-13H2,1-2H3. The molecule has 1 saturated carbocycles. The van der Waals surface area contributed by atoms with E-state index in [1.54, 1.807) is 12.1 Å². The third kappa shape index (κ3) is 5.33. The number of allylic oxidation sites excluding steroid dienone is 2. The van der Waals surface area contributed by atoms with Gasteiger partial charge in [-0.05, 0) is 75.5 Å². The first-order chi connectivity index (χ1) is 11.0. The molecule has 3 heteroatoms. The molecular weight excluding hydrogens is 294 g/mol. The van der Waals surface area contributed by atoms with Crippen LogP contribution in [0, 0.1) is 11.8 Å². The maximum absolute atomic E-state index is 14.4. The summed E-state index contributed by atoms with van der Waals surface area (Å²) in [6.45, 7) is 4.06. The molecule has 0 bridgehead atoms. The highest BCUT2D eigenvalue weighted by Gasteiger charge is 2.43. The van der Waals surface area contributed by atoms with Gasteiger partial charge in [0.05, 0.1) is 5.92 Å². The molecule has 0 aliphatic heterocycles. The third-order valence-electron chi connectivity index (χ3n) is 4.88. The summed E-state index contributed by atoms with van der Waals surface area (Å²) in [7, 11) is 0. The van der Waals surface area contributed by atoms with Gasteiger partial charge in [-0.2, -0.15) is 8.78 Å². The maximum Gasteiger partial charge on any atom is 0.400 e. The van der Waals surface area contributed by atoms with Gasteiger partial charge in [-0.25, -0.2) is 0 Å². The SMILES string of the molecule is CC=CCCC1CCC(C(F)(F)Oc2ccc(CC)cc2)CC1. The molecule has 23 heavy (non-hydrogen) atoms. The predicted molar refractivity (Wildman–Crippen MR) is 90.9 cm³/mol. The largest absolute Gasteiger partial charge is 0.432 e. The van der Waals surface area contributed by atoms with Crippen molar-refractivity contribution in [1.82, 2.24) is 0 Å². The zero-order valence-corrected chi connectivity index (χ0v) is 14.2. The molecule has 0 amide bonds. The highest BCUT2D eigenvalue weighted by Crippen LogP contribution is 2.41. The highest BCUT2D eigenvalue weighted by molar-refractivity contribution is 5.27. The number of halogens is 2. The van der Waals surface area contributed by atoms with Gasteiger partial charge in [0.1, 0.15) is 5.75 Å². The second kappa shape index (κ2) is 8.47. The van der Waals surface area contributed by atoms with E-state index in [-0.39, 0.29) is 5.75 Å². The van der Waals surface area contributed by atoms with Crippen LogP contribution in [0.3, 0.4) is 0 Å². The Morgan fingerprint density at radius 3 is 2.35 bits per heavy atom. The molecule has 0 N–H and O–H groups in total. The molecule has 0 heterocycles. The van der Waals surface area contributed by atoms with Gasteiger partial charge in [-0.1, -0.05) is 31.2 Å². The van der Waals surface area contributed by atoms with Gasteiger partial charge < -0.3 is 4.74 Å². The number of hydrogen-bond acceptors (Lipinski definition) is 1. The topological polar surface area (TPSA) is 9.23 Å². The molecule has 0 spiro atoms. The van der Waals surface area contributed by atoms with Crippen LogP contribution in [0.15, 0.2) is 36.4 Å². The van der Waals surface area contributed by atoms with E-state index < -0.39 is 12.0 Å². The van der Waals surface area contributed by atoms with Crippen molar-refractivity contribution in [3.05, 3.63) is 42.0 Å². The van der Waals surface area contributed by atoms with Crippen LogP contribution in [0.5, 0.6) is 5.75 Å². The molecule has 1 aromatic rings. The Hall–Kier alpha value is -1.38. The zero-order valence-electron chi connectivity index (χ0n) is 14.2. The number of ether oxygens (including phenoxy) is 1. The summed E-state index contributed by atoms with van der Waals surface area (Å²) in [5.74, 6) is 0.191. The van der Waals surface area contributed by atoms with Gasteiger partial charge in [-0.15, -0.1) is 0 Å². The van der Waals surface area contributed by atoms with Crippen molar-refractivity contribution in [3.8, 4) is 5.75 Å². The molecule has 0 unspecified atom stereocenters. The fourth-order valence-corrected chi connectivity index (χ4v) is 3.32. The Morgan fingerprint density at radius 2 is 1.78 bits per heavy atom. The number of hydrogen-bond donors (Lipinski definition) is 0. The fourth-order valence-electron chi connectivity index (χ4n) is 3.32. The number of benzene rings is 1. The van der Waals surface area contributed by atoms with Crippen LogP contribution in [0.1, 0.15) is 57.9 Å². The molecule has 1 aromatic carbocycles.